The SMILES string of the molecule is CCCC(CCC)C(=O)Nc1ccc2nc(-c3ccccc3)oc2c1. The molecular weight excluding hydrogens is 312 g/mol. The fraction of sp³-hybridized carbons (Fsp3) is 0.333. The molecule has 0 spiro atoms. The summed E-state index contributed by atoms with van der Waals surface area (Å²) in [5.74, 6) is 0.750. The second-order valence-corrected chi connectivity index (χ2v) is 6.33. The highest BCUT2D eigenvalue weighted by Crippen LogP contribution is 2.26. The highest BCUT2D eigenvalue weighted by molar-refractivity contribution is 5.94. The van der Waals surface area contributed by atoms with Gasteiger partial charge in [0.05, 0.1) is 0 Å². The number of anilines is 1. The van der Waals surface area contributed by atoms with E-state index in [0.29, 0.717) is 11.5 Å². The van der Waals surface area contributed by atoms with Gasteiger partial charge in [-0.2, -0.15) is 0 Å². The van der Waals surface area contributed by atoms with E-state index >= 15 is 0 Å². The molecule has 1 aromatic heterocycles. The lowest BCUT2D eigenvalue weighted by atomic mass is 9.97. The fourth-order valence-electron chi connectivity index (χ4n) is 3.05. The molecule has 0 aliphatic rings. The molecular formula is C21H24N2O2. The van der Waals surface area contributed by atoms with Crippen molar-refractivity contribution in [2.75, 3.05) is 5.32 Å². The van der Waals surface area contributed by atoms with Gasteiger partial charge >= 0.3 is 0 Å². The van der Waals surface area contributed by atoms with Crippen LogP contribution in [0.5, 0.6) is 0 Å². The van der Waals surface area contributed by atoms with Crippen LogP contribution >= 0.6 is 0 Å². The molecule has 130 valence electrons. The maximum Gasteiger partial charge on any atom is 0.227 e. The van der Waals surface area contributed by atoms with Gasteiger partial charge in [-0.3, -0.25) is 4.79 Å². The van der Waals surface area contributed by atoms with Crippen LogP contribution < -0.4 is 5.32 Å². The molecule has 3 rings (SSSR count). The minimum atomic E-state index is 0.0697. The number of rotatable bonds is 7. The Labute approximate surface area is 148 Å². The zero-order valence-corrected chi connectivity index (χ0v) is 14.8. The van der Waals surface area contributed by atoms with Crippen molar-refractivity contribution in [1.82, 2.24) is 4.98 Å². The molecule has 0 aliphatic carbocycles. The summed E-state index contributed by atoms with van der Waals surface area (Å²) in [6, 6.07) is 15.4. The summed E-state index contributed by atoms with van der Waals surface area (Å²) in [4.78, 5) is 17.0. The Morgan fingerprint density at radius 3 is 2.48 bits per heavy atom. The average molecular weight is 336 g/mol. The van der Waals surface area contributed by atoms with Crippen LogP contribution in [0.15, 0.2) is 52.9 Å². The van der Waals surface area contributed by atoms with Crippen LogP contribution in [0.3, 0.4) is 0 Å². The first-order valence-electron chi connectivity index (χ1n) is 8.98. The third-order valence-electron chi connectivity index (χ3n) is 4.32. The van der Waals surface area contributed by atoms with Crippen molar-refractivity contribution in [3.05, 3.63) is 48.5 Å². The summed E-state index contributed by atoms with van der Waals surface area (Å²) < 4.78 is 5.87. The quantitative estimate of drug-likeness (QED) is 0.606. The number of nitrogens with one attached hydrogen (secondary N) is 1. The van der Waals surface area contributed by atoms with Crippen LogP contribution in [0.4, 0.5) is 5.69 Å². The molecule has 0 aliphatic heterocycles. The third-order valence-corrected chi connectivity index (χ3v) is 4.32. The van der Waals surface area contributed by atoms with Gasteiger partial charge in [0.2, 0.25) is 11.8 Å². The fourth-order valence-corrected chi connectivity index (χ4v) is 3.05. The predicted molar refractivity (Wildman–Crippen MR) is 101 cm³/mol. The highest BCUT2D eigenvalue weighted by atomic mass is 16.3. The van der Waals surface area contributed by atoms with Gasteiger partial charge in [-0.25, -0.2) is 4.98 Å². The topological polar surface area (TPSA) is 55.1 Å². The second-order valence-electron chi connectivity index (χ2n) is 6.33. The number of nitrogens with zero attached hydrogens (tertiary/aromatic N) is 1. The van der Waals surface area contributed by atoms with E-state index in [-0.39, 0.29) is 11.8 Å². The van der Waals surface area contributed by atoms with Crippen LogP contribution in [0.1, 0.15) is 39.5 Å². The molecule has 1 amide bonds. The van der Waals surface area contributed by atoms with Crippen LogP contribution in [-0.2, 0) is 4.79 Å². The van der Waals surface area contributed by atoms with Crippen LogP contribution in [0.2, 0.25) is 0 Å². The first kappa shape index (κ1) is 17.2. The van der Waals surface area contributed by atoms with Gasteiger partial charge in [0, 0.05) is 23.2 Å². The maximum absolute atomic E-state index is 12.5. The molecule has 0 saturated heterocycles. The monoisotopic (exact) mass is 336 g/mol. The van der Waals surface area contributed by atoms with Crippen molar-refractivity contribution in [3.63, 3.8) is 0 Å². The Bertz CT molecular complexity index is 833. The molecule has 0 atom stereocenters. The first-order chi connectivity index (χ1) is 12.2. The van der Waals surface area contributed by atoms with E-state index in [4.69, 9.17) is 4.42 Å². The Morgan fingerprint density at radius 1 is 1.08 bits per heavy atom. The van der Waals surface area contributed by atoms with Gasteiger partial charge in [0.25, 0.3) is 0 Å². The molecule has 2 aromatic carbocycles. The Morgan fingerprint density at radius 2 is 1.80 bits per heavy atom. The van der Waals surface area contributed by atoms with E-state index in [1.54, 1.807) is 0 Å². The van der Waals surface area contributed by atoms with E-state index in [9.17, 15) is 4.79 Å². The lowest BCUT2D eigenvalue weighted by Crippen LogP contribution is -2.22. The number of aromatic nitrogens is 1. The zero-order valence-electron chi connectivity index (χ0n) is 14.8. The Hall–Kier alpha value is -2.62. The highest BCUT2D eigenvalue weighted by Gasteiger charge is 2.17. The van der Waals surface area contributed by atoms with Gasteiger partial charge in [-0.15, -0.1) is 0 Å². The summed E-state index contributed by atoms with van der Waals surface area (Å²) in [6.45, 7) is 4.23. The molecule has 1 N–H and O–H groups in total. The molecule has 0 unspecified atom stereocenters. The molecule has 0 fully saturated rings. The van der Waals surface area contributed by atoms with E-state index < -0.39 is 0 Å². The minimum Gasteiger partial charge on any atom is -0.436 e. The van der Waals surface area contributed by atoms with Gasteiger partial charge in [-0.1, -0.05) is 44.9 Å². The molecule has 4 heteroatoms. The molecule has 4 nitrogen and oxygen atoms in total. The molecule has 3 aromatic rings. The number of oxazole rings is 1. The minimum absolute atomic E-state index is 0.0697. The molecule has 0 saturated carbocycles. The standard InChI is InChI=1S/C21H24N2O2/c1-3-8-15(9-4-2)20(24)22-17-12-13-18-19(14-17)25-21(23-18)16-10-6-5-7-11-16/h5-7,10-15H,3-4,8-9H2,1-2H3,(H,22,24). The maximum atomic E-state index is 12.5. The van der Waals surface area contributed by atoms with Crippen molar-refractivity contribution >= 4 is 22.7 Å². The number of amides is 1. The molecule has 0 radical (unpaired) electrons. The number of hydrogen-bond donors (Lipinski definition) is 1. The van der Waals surface area contributed by atoms with Gasteiger partial charge in [0.1, 0.15) is 5.52 Å². The van der Waals surface area contributed by atoms with Crippen molar-refractivity contribution in [2.45, 2.75) is 39.5 Å². The van der Waals surface area contributed by atoms with Crippen molar-refractivity contribution in [2.24, 2.45) is 5.92 Å². The summed E-state index contributed by atoms with van der Waals surface area (Å²) in [6.07, 6.45) is 3.87. The normalized spacial score (nSPS) is 11.2. The van der Waals surface area contributed by atoms with E-state index in [1.165, 1.54) is 0 Å². The van der Waals surface area contributed by atoms with E-state index in [0.717, 1.165) is 42.5 Å². The van der Waals surface area contributed by atoms with Crippen LogP contribution in [0, 0.1) is 5.92 Å². The molecule has 25 heavy (non-hydrogen) atoms. The van der Waals surface area contributed by atoms with Crippen LogP contribution in [-0.4, -0.2) is 10.9 Å². The summed E-state index contributed by atoms with van der Waals surface area (Å²) in [5.41, 5.74) is 3.16. The largest absolute Gasteiger partial charge is 0.436 e. The van der Waals surface area contributed by atoms with Crippen LogP contribution in [0.25, 0.3) is 22.6 Å². The van der Waals surface area contributed by atoms with E-state index in [2.05, 4.69) is 24.1 Å². The Kier molecular flexibility index (Phi) is 5.49. The summed E-state index contributed by atoms with van der Waals surface area (Å²) in [5, 5.41) is 3.03. The predicted octanol–water partition coefficient (Wildman–Crippen LogP) is 5.65. The Balaban J connectivity index is 1.80. The summed E-state index contributed by atoms with van der Waals surface area (Å²) in [7, 11) is 0. The van der Waals surface area contributed by atoms with Gasteiger partial charge < -0.3 is 9.73 Å². The number of carbonyl (C=O) groups excluding carboxylic acids is 1. The molecule has 0 bridgehead atoms. The van der Waals surface area contributed by atoms with Crippen molar-refractivity contribution in [3.8, 4) is 11.5 Å². The van der Waals surface area contributed by atoms with Gasteiger partial charge in [-0.05, 0) is 37.1 Å². The van der Waals surface area contributed by atoms with Crippen molar-refractivity contribution in [1.29, 1.82) is 0 Å². The number of hydrogen-bond acceptors (Lipinski definition) is 3. The number of benzene rings is 2. The van der Waals surface area contributed by atoms with E-state index in [1.807, 2.05) is 48.5 Å². The smallest absolute Gasteiger partial charge is 0.227 e. The summed E-state index contributed by atoms with van der Waals surface area (Å²) >= 11 is 0. The lowest BCUT2D eigenvalue weighted by Gasteiger charge is -2.15. The number of carbonyl (C=O) groups is 1. The van der Waals surface area contributed by atoms with Crippen molar-refractivity contribution < 1.29 is 9.21 Å². The first-order valence-corrected chi connectivity index (χ1v) is 8.98. The molecule has 1 heterocycles. The second kappa shape index (κ2) is 7.97. The lowest BCUT2D eigenvalue weighted by molar-refractivity contribution is -0.120. The zero-order chi connectivity index (χ0) is 17.6. The number of fused-ring (bicyclic) bond motifs is 1. The van der Waals surface area contributed by atoms with Gasteiger partial charge in [0.15, 0.2) is 5.58 Å². The third kappa shape index (κ3) is 4.08. The average Bonchev–Trinajstić information content (AvgIpc) is 3.05.